The van der Waals surface area contributed by atoms with Gasteiger partial charge in [0.1, 0.15) is 0 Å². The Hall–Kier alpha value is -0.660. The highest BCUT2D eigenvalue weighted by atomic mass is 32.2. The number of carbonyl (C=O) groups excluding carboxylic acids is 1. The van der Waals surface area contributed by atoms with E-state index in [1.54, 1.807) is 0 Å². The molecule has 0 amide bonds. The Labute approximate surface area is 192 Å². The van der Waals surface area contributed by atoms with Crippen molar-refractivity contribution in [1.82, 2.24) is 0 Å². The van der Waals surface area contributed by atoms with Crippen molar-refractivity contribution >= 4 is 16.1 Å². The minimum atomic E-state index is -4.09. The van der Waals surface area contributed by atoms with Crippen molar-refractivity contribution in [2.75, 3.05) is 39.5 Å². The van der Waals surface area contributed by atoms with Gasteiger partial charge >= 0.3 is 5.97 Å². The maximum absolute atomic E-state index is 11.8. The maximum Gasteiger partial charge on any atom is 0.305 e. The van der Waals surface area contributed by atoms with E-state index in [2.05, 4.69) is 21.0 Å². The summed E-state index contributed by atoms with van der Waals surface area (Å²) in [6.45, 7) is 4.64. The second-order valence-electron chi connectivity index (χ2n) is 9.56. The number of hydrogen-bond acceptors (Lipinski definition) is 5. The molecule has 0 aliphatic rings. The third kappa shape index (κ3) is 23.8. The van der Waals surface area contributed by atoms with Crippen molar-refractivity contribution < 1.29 is 27.0 Å². The number of unbranched alkanes of at least 4 members (excludes halogenated alkanes) is 12. The normalized spacial score (nSPS) is 12.3. The van der Waals surface area contributed by atoms with Crippen LogP contribution in [-0.4, -0.2) is 63.0 Å². The minimum absolute atomic E-state index is 0.0801. The van der Waals surface area contributed by atoms with Crippen LogP contribution in [0, 0.1) is 0 Å². The van der Waals surface area contributed by atoms with Gasteiger partial charge in [-0.05, 0) is 38.5 Å². The molecule has 0 aromatic carbocycles. The van der Waals surface area contributed by atoms with Gasteiger partial charge in [-0.15, -0.1) is 0 Å². The van der Waals surface area contributed by atoms with E-state index in [0.29, 0.717) is 19.4 Å². The largest absolute Gasteiger partial charge is 0.748 e. The van der Waals surface area contributed by atoms with E-state index in [0.717, 1.165) is 56.1 Å². The van der Waals surface area contributed by atoms with Gasteiger partial charge in [-0.2, -0.15) is 0 Å². The van der Waals surface area contributed by atoms with Crippen LogP contribution in [0.2, 0.25) is 0 Å². The number of ether oxygens (including phenoxy) is 1. The van der Waals surface area contributed by atoms with Crippen molar-refractivity contribution in [2.45, 2.75) is 110 Å². The highest BCUT2D eigenvalue weighted by molar-refractivity contribution is 7.85. The molecule has 6 nitrogen and oxygen atoms in total. The molecule has 186 valence electrons. The average molecular weight is 464 g/mol. The van der Waals surface area contributed by atoms with E-state index in [1.165, 1.54) is 51.4 Å². The Morgan fingerprint density at radius 2 is 1.23 bits per heavy atom. The summed E-state index contributed by atoms with van der Waals surface area (Å²) in [5, 5.41) is 0. The fourth-order valence-electron chi connectivity index (χ4n) is 3.76. The molecule has 0 saturated heterocycles. The molecule has 0 atom stereocenters. The highest BCUT2D eigenvalue weighted by Crippen LogP contribution is 2.11. The Morgan fingerprint density at radius 3 is 1.77 bits per heavy atom. The van der Waals surface area contributed by atoms with Gasteiger partial charge in [0, 0.05) is 12.2 Å². The van der Waals surface area contributed by atoms with Crippen LogP contribution < -0.4 is 0 Å². The topological polar surface area (TPSA) is 83.5 Å². The molecule has 7 heteroatoms. The summed E-state index contributed by atoms with van der Waals surface area (Å²) in [6.07, 6.45) is 17.3. The second-order valence-corrected chi connectivity index (χ2v) is 11.1. The Balaban J connectivity index is 3.47. The monoisotopic (exact) mass is 463 g/mol. The fraction of sp³-hybridized carbons (Fsp3) is 0.958. The lowest BCUT2D eigenvalue weighted by Gasteiger charge is -2.30. The van der Waals surface area contributed by atoms with Gasteiger partial charge in [0.15, 0.2) is 0 Å². The van der Waals surface area contributed by atoms with E-state index in [-0.39, 0.29) is 11.7 Å². The Kier molecular flexibility index (Phi) is 18.5. The van der Waals surface area contributed by atoms with Crippen molar-refractivity contribution in [3.63, 3.8) is 0 Å². The quantitative estimate of drug-likeness (QED) is 0.0927. The first-order valence-electron chi connectivity index (χ1n) is 12.6. The molecule has 0 aliphatic carbocycles. The molecule has 0 radical (unpaired) electrons. The fourth-order valence-corrected chi connectivity index (χ4v) is 4.32. The van der Waals surface area contributed by atoms with Gasteiger partial charge in [0.05, 0.1) is 43.9 Å². The Bertz CT molecular complexity index is 534. The van der Waals surface area contributed by atoms with Gasteiger partial charge in [-0.1, -0.05) is 64.7 Å². The molecule has 0 N–H and O–H groups in total. The molecule has 0 aromatic rings. The maximum atomic E-state index is 11.8. The summed E-state index contributed by atoms with van der Waals surface area (Å²) < 4.78 is 38.0. The first kappa shape index (κ1) is 30.3. The molecular formula is C24H49NO5S. The molecule has 0 unspecified atom stereocenters. The highest BCUT2D eigenvalue weighted by Gasteiger charge is 2.14. The number of hydrogen-bond donors (Lipinski definition) is 0. The summed E-state index contributed by atoms with van der Waals surface area (Å²) in [6, 6.07) is 0. The molecule has 0 bridgehead atoms. The van der Waals surface area contributed by atoms with Gasteiger partial charge in [-0.25, -0.2) is 8.42 Å². The Morgan fingerprint density at radius 1 is 0.742 bits per heavy atom. The number of carbonyl (C=O) groups is 1. The van der Waals surface area contributed by atoms with Crippen molar-refractivity contribution in [3.8, 4) is 0 Å². The molecule has 0 fully saturated rings. The molecule has 0 saturated carbocycles. The van der Waals surface area contributed by atoms with E-state index < -0.39 is 10.1 Å². The van der Waals surface area contributed by atoms with Crippen LogP contribution in [0.5, 0.6) is 0 Å². The average Bonchev–Trinajstić information content (AvgIpc) is 2.68. The number of quaternary nitrogens is 1. The molecule has 0 heterocycles. The van der Waals surface area contributed by atoms with Gasteiger partial charge in [0.25, 0.3) is 0 Å². The van der Waals surface area contributed by atoms with E-state index in [1.807, 2.05) is 0 Å². The third-order valence-electron chi connectivity index (χ3n) is 5.81. The summed E-state index contributed by atoms with van der Waals surface area (Å²) in [5.74, 6) is -0.350. The van der Waals surface area contributed by atoms with Crippen LogP contribution in [0.4, 0.5) is 0 Å². The smallest absolute Gasteiger partial charge is 0.305 e. The van der Waals surface area contributed by atoms with Crippen LogP contribution in [0.25, 0.3) is 0 Å². The van der Waals surface area contributed by atoms with Crippen molar-refractivity contribution in [3.05, 3.63) is 0 Å². The summed E-state index contributed by atoms with van der Waals surface area (Å²) in [4.78, 5) is 11.8. The zero-order valence-electron chi connectivity index (χ0n) is 20.5. The van der Waals surface area contributed by atoms with Crippen LogP contribution in [-0.2, 0) is 19.6 Å². The molecule has 31 heavy (non-hydrogen) atoms. The zero-order valence-corrected chi connectivity index (χ0v) is 21.4. The van der Waals surface area contributed by atoms with Crippen LogP contribution in [0.3, 0.4) is 0 Å². The number of esters is 1. The predicted molar refractivity (Wildman–Crippen MR) is 127 cm³/mol. The van der Waals surface area contributed by atoms with Crippen LogP contribution in [0.1, 0.15) is 110 Å². The lowest BCUT2D eigenvalue weighted by Crippen LogP contribution is -2.41. The molecule has 0 rings (SSSR count). The SMILES string of the molecule is CCCCCCCCCCCCOC(=O)CCCCC[N+](C)(C)CCCCS(=O)(=O)[O-]. The van der Waals surface area contributed by atoms with Crippen molar-refractivity contribution in [2.24, 2.45) is 0 Å². The van der Waals surface area contributed by atoms with Gasteiger partial charge in [-0.3, -0.25) is 4.79 Å². The summed E-state index contributed by atoms with van der Waals surface area (Å²) in [5.41, 5.74) is 0. The third-order valence-corrected chi connectivity index (χ3v) is 6.60. The van der Waals surface area contributed by atoms with Crippen molar-refractivity contribution in [1.29, 1.82) is 0 Å². The molecular weight excluding hydrogens is 414 g/mol. The van der Waals surface area contributed by atoms with Gasteiger partial charge in [0.2, 0.25) is 0 Å². The standard InChI is InChI=1S/C24H49NO5S/c1-4-5-6-7-8-9-10-11-12-17-22-30-24(26)19-14-13-15-20-25(2,3)21-16-18-23-31(27,28)29/h4-23H2,1-3H3. The first-order chi connectivity index (χ1) is 14.7. The van der Waals surface area contributed by atoms with E-state index in [4.69, 9.17) is 4.74 Å². The van der Waals surface area contributed by atoms with Crippen LogP contribution in [0.15, 0.2) is 0 Å². The van der Waals surface area contributed by atoms with E-state index in [9.17, 15) is 17.8 Å². The lowest BCUT2D eigenvalue weighted by atomic mass is 10.1. The van der Waals surface area contributed by atoms with E-state index >= 15 is 0 Å². The first-order valence-corrected chi connectivity index (χ1v) is 14.2. The van der Waals surface area contributed by atoms with Crippen LogP contribution >= 0.6 is 0 Å². The zero-order chi connectivity index (χ0) is 23.4. The summed E-state index contributed by atoms with van der Waals surface area (Å²) in [7, 11) is 0.142. The molecule has 0 spiro atoms. The summed E-state index contributed by atoms with van der Waals surface area (Å²) >= 11 is 0. The number of nitrogens with zero attached hydrogens (tertiary/aromatic N) is 1. The predicted octanol–water partition coefficient (Wildman–Crippen LogP) is 5.41. The minimum Gasteiger partial charge on any atom is -0.748 e. The lowest BCUT2D eigenvalue weighted by molar-refractivity contribution is -0.890. The number of rotatable bonds is 22. The molecule has 0 aromatic heterocycles. The second kappa shape index (κ2) is 18.9. The molecule has 0 aliphatic heterocycles. The van der Waals surface area contributed by atoms with Gasteiger partial charge < -0.3 is 13.8 Å².